The van der Waals surface area contributed by atoms with E-state index in [0.29, 0.717) is 35.5 Å². The predicted octanol–water partition coefficient (Wildman–Crippen LogP) is 4.48. The van der Waals surface area contributed by atoms with Gasteiger partial charge >= 0.3 is 12.1 Å². The summed E-state index contributed by atoms with van der Waals surface area (Å²) in [4.78, 5) is 37.9. The number of benzene rings is 2. The van der Waals surface area contributed by atoms with Crippen LogP contribution >= 0.6 is 0 Å². The topological polar surface area (TPSA) is 145 Å². The van der Waals surface area contributed by atoms with Crippen LogP contribution in [0.3, 0.4) is 0 Å². The second-order valence-corrected chi connectivity index (χ2v) is 9.85. The first kappa shape index (κ1) is 25.9. The Labute approximate surface area is 212 Å². The maximum absolute atomic E-state index is 13.7. The first-order chi connectivity index (χ1) is 17.4. The van der Waals surface area contributed by atoms with Gasteiger partial charge in [-0.25, -0.2) is 9.59 Å². The lowest BCUT2D eigenvalue weighted by Gasteiger charge is -2.32. The Morgan fingerprint density at radius 3 is 2.43 bits per heavy atom. The van der Waals surface area contributed by atoms with E-state index in [0.717, 1.165) is 0 Å². The van der Waals surface area contributed by atoms with Crippen LogP contribution in [-0.2, 0) is 11.2 Å². The zero-order chi connectivity index (χ0) is 27.1. The number of aliphatic carboxylic acids is 1. The number of aromatic hydroxyl groups is 1. The molecule has 1 amide bonds. The Balaban J connectivity index is 1.91. The van der Waals surface area contributed by atoms with Gasteiger partial charge in [0.2, 0.25) is 11.2 Å². The third-order valence-electron chi connectivity index (χ3n) is 6.28. The van der Waals surface area contributed by atoms with Gasteiger partial charge in [-0.15, -0.1) is 0 Å². The van der Waals surface area contributed by atoms with Gasteiger partial charge in [-0.05, 0) is 56.9 Å². The highest BCUT2D eigenvalue weighted by molar-refractivity contribution is 5.92. The van der Waals surface area contributed by atoms with E-state index in [4.69, 9.17) is 18.6 Å². The van der Waals surface area contributed by atoms with Gasteiger partial charge in [0.25, 0.3) is 0 Å². The number of rotatable bonds is 6. The highest BCUT2D eigenvalue weighted by Gasteiger charge is 2.33. The summed E-state index contributed by atoms with van der Waals surface area (Å²) < 4.78 is 22.8. The lowest BCUT2D eigenvalue weighted by atomic mass is 9.92. The van der Waals surface area contributed by atoms with Gasteiger partial charge in [-0.3, -0.25) is 4.79 Å². The molecular formula is C27H29NO9. The number of aryl methyl sites for hydroxylation is 1. The van der Waals surface area contributed by atoms with E-state index in [1.54, 1.807) is 38.1 Å². The number of fused-ring (bicyclic) bond motifs is 3. The maximum atomic E-state index is 13.7. The third-order valence-corrected chi connectivity index (χ3v) is 6.28. The standard InChI is InChI=1S/C27H29NO9/c1-13(2)20(25(31)32)28-26(33)36-24-21(30)19-17(29)12-18-16(10-11-27(3,4)37-18)23(19)35-22(24)14-6-8-15(34-5)9-7-14/h6-9,12-13,20,29H,10-11H2,1-5H3,(H,28,33)(H,31,32)/t20-/m0/s1. The highest BCUT2D eigenvalue weighted by atomic mass is 16.6. The molecule has 2 heterocycles. The molecule has 1 aromatic heterocycles. The van der Waals surface area contributed by atoms with Crippen molar-refractivity contribution in [2.24, 2.45) is 5.92 Å². The minimum atomic E-state index is -1.25. The minimum Gasteiger partial charge on any atom is -0.507 e. The average Bonchev–Trinajstić information content (AvgIpc) is 2.82. The lowest BCUT2D eigenvalue weighted by molar-refractivity contribution is -0.140. The van der Waals surface area contributed by atoms with Gasteiger partial charge < -0.3 is 34.2 Å². The molecule has 10 heteroatoms. The first-order valence-corrected chi connectivity index (χ1v) is 11.8. The van der Waals surface area contributed by atoms with Gasteiger partial charge in [0.05, 0.1) is 7.11 Å². The molecule has 0 unspecified atom stereocenters. The number of nitrogens with one attached hydrogen (secondary N) is 1. The molecule has 2 aromatic carbocycles. The SMILES string of the molecule is COc1ccc(-c2oc3c4c(cc(O)c3c(=O)c2OC(=O)N[C@H](C(=O)O)C(C)C)OC(C)(C)CC4)cc1. The molecule has 3 N–H and O–H groups in total. The number of carbonyl (C=O) groups excluding carboxylic acids is 1. The number of carboxylic acid groups (broad SMARTS) is 1. The van der Waals surface area contributed by atoms with Crippen LogP contribution in [0.5, 0.6) is 23.0 Å². The van der Waals surface area contributed by atoms with Crippen molar-refractivity contribution in [2.75, 3.05) is 7.11 Å². The number of methoxy groups -OCH3 is 1. The number of phenols is 1. The van der Waals surface area contributed by atoms with E-state index < -0.39 is 46.6 Å². The molecule has 0 radical (unpaired) electrons. The molecule has 0 saturated carbocycles. The molecule has 4 rings (SSSR count). The van der Waals surface area contributed by atoms with Crippen LogP contribution in [0.2, 0.25) is 0 Å². The van der Waals surface area contributed by atoms with Crippen molar-refractivity contribution in [3.8, 4) is 34.3 Å². The van der Waals surface area contributed by atoms with Crippen LogP contribution in [0, 0.1) is 5.92 Å². The summed E-state index contributed by atoms with van der Waals surface area (Å²) in [7, 11) is 1.51. The molecule has 37 heavy (non-hydrogen) atoms. The molecule has 0 fully saturated rings. The molecule has 0 bridgehead atoms. The number of phenolic OH excluding ortho intramolecular Hbond substituents is 1. The van der Waals surface area contributed by atoms with Crippen LogP contribution in [-0.4, -0.2) is 41.0 Å². The molecular weight excluding hydrogens is 482 g/mol. The molecule has 1 aliphatic rings. The number of amides is 1. The van der Waals surface area contributed by atoms with Gasteiger partial charge in [0.1, 0.15) is 39.9 Å². The average molecular weight is 512 g/mol. The van der Waals surface area contributed by atoms with Gasteiger partial charge in [-0.1, -0.05) is 13.8 Å². The zero-order valence-electron chi connectivity index (χ0n) is 21.2. The summed E-state index contributed by atoms with van der Waals surface area (Å²) in [6, 6.07) is 6.64. The summed E-state index contributed by atoms with van der Waals surface area (Å²) in [6.45, 7) is 7.09. The smallest absolute Gasteiger partial charge is 0.413 e. The zero-order valence-corrected chi connectivity index (χ0v) is 21.2. The van der Waals surface area contributed by atoms with Crippen molar-refractivity contribution in [1.82, 2.24) is 5.32 Å². The van der Waals surface area contributed by atoms with Crippen molar-refractivity contribution >= 4 is 23.0 Å². The Kier molecular flexibility index (Phi) is 6.77. The summed E-state index contributed by atoms with van der Waals surface area (Å²) in [6.07, 6.45) is 0.0259. The highest BCUT2D eigenvalue weighted by Crippen LogP contribution is 2.43. The lowest BCUT2D eigenvalue weighted by Crippen LogP contribution is -2.45. The summed E-state index contributed by atoms with van der Waals surface area (Å²) in [5.74, 6) is -1.69. The number of ether oxygens (including phenoxy) is 3. The van der Waals surface area contributed by atoms with Gasteiger partial charge in [0, 0.05) is 17.2 Å². The fourth-order valence-corrected chi connectivity index (χ4v) is 4.25. The van der Waals surface area contributed by atoms with Crippen molar-refractivity contribution in [3.05, 3.63) is 46.1 Å². The fraction of sp³-hybridized carbons (Fsp3) is 0.370. The molecule has 196 valence electrons. The molecule has 1 atom stereocenters. The number of hydrogen-bond donors (Lipinski definition) is 3. The van der Waals surface area contributed by atoms with Crippen molar-refractivity contribution in [2.45, 2.75) is 52.2 Å². The number of carboxylic acids is 1. The largest absolute Gasteiger partial charge is 0.507 e. The Morgan fingerprint density at radius 1 is 1.16 bits per heavy atom. The van der Waals surface area contributed by atoms with Crippen molar-refractivity contribution in [1.29, 1.82) is 0 Å². The van der Waals surface area contributed by atoms with Crippen LogP contribution in [0.15, 0.2) is 39.5 Å². The predicted molar refractivity (Wildman–Crippen MR) is 135 cm³/mol. The second-order valence-electron chi connectivity index (χ2n) is 9.85. The number of carbonyl (C=O) groups is 2. The van der Waals surface area contributed by atoms with Gasteiger partial charge in [-0.2, -0.15) is 0 Å². The van der Waals surface area contributed by atoms with Crippen LogP contribution in [0.1, 0.15) is 39.7 Å². The fourth-order valence-electron chi connectivity index (χ4n) is 4.25. The van der Waals surface area contributed by atoms with Crippen LogP contribution < -0.4 is 25.0 Å². The summed E-state index contributed by atoms with van der Waals surface area (Å²) >= 11 is 0. The van der Waals surface area contributed by atoms with Gasteiger partial charge in [0.15, 0.2) is 5.76 Å². The minimum absolute atomic E-state index is 0.0654. The molecule has 0 spiro atoms. The normalized spacial score (nSPS) is 15.0. The van der Waals surface area contributed by atoms with E-state index in [2.05, 4.69) is 5.32 Å². The first-order valence-electron chi connectivity index (χ1n) is 11.8. The summed E-state index contributed by atoms with van der Waals surface area (Å²) in [5.41, 5.74) is -0.121. The third kappa shape index (κ3) is 5.04. The van der Waals surface area contributed by atoms with E-state index in [-0.39, 0.29) is 16.7 Å². The number of hydrogen-bond acceptors (Lipinski definition) is 8. The summed E-state index contributed by atoms with van der Waals surface area (Å²) in [5, 5.41) is 22.3. The molecule has 10 nitrogen and oxygen atoms in total. The van der Waals surface area contributed by atoms with E-state index in [9.17, 15) is 24.6 Å². The van der Waals surface area contributed by atoms with Crippen LogP contribution in [0.4, 0.5) is 4.79 Å². The Hall–Kier alpha value is -4.21. The Morgan fingerprint density at radius 2 is 1.84 bits per heavy atom. The maximum Gasteiger partial charge on any atom is 0.413 e. The van der Waals surface area contributed by atoms with Crippen molar-refractivity contribution < 1.29 is 38.4 Å². The quantitative estimate of drug-likeness (QED) is 0.436. The molecule has 0 aliphatic carbocycles. The monoisotopic (exact) mass is 511 g/mol. The van der Waals surface area contributed by atoms with Crippen LogP contribution in [0.25, 0.3) is 22.3 Å². The van der Waals surface area contributed by atoms with E-state index >= 15 is 0 Å². The molecule has 1 aliphatic heterocycles. The van der Waals surface area contributed by atoms with E-state index in [1.807, 2.05) is 13.8 Å². The molecule has 0 saturated heterocycles. The van der Waals surface area contributed by atoms with E-state index in [1.165, 1.54) is 13.2 Å². The second kappa shape index (κ2) is 9.68. The van der Waals surface area contributed by atoms with Crippen molar-refractivity contribution in [3.63, 3.8) is 0 Å². The molecule has 3 aromatic rings. The Bertz CT molecular complexity index is 1420.